The van der Waals surface area contributed by atoms with E-state index in [1.54, 1.807) is 0 Å². The van der Waals surface area contributed by atoms with Gasteiger partial charge in [0.1, 0.15) is 0 Å². The standard InChI is InChI=1S/C9H18N2/c1-3-5-6-11-8-7-10(4-2)9-11/h7-8H,3-6,9H2,1-2H3. The van der Waals surface area contributed by atoms with Crippen LogP contribution in [0.15, 0.2) is 12.4 Å². The third kappa shape index (κ3) is 2.45. The fourth-order valence-electron chi connectivity index (χ4n) is 1.23. The summed E-state index contributed by atoms with van der Waals surface area (Å²) in [6.07, 6.45) is 6.97. The lowest BCUT2D eigenvalue weighted by Gasteiger charge is -2.19. The summed E-state index contributed by atoms with van der Waals surface area (Å²) >= 11 is 0. The molecule has 0 saturated heterocycles. The second-order valence-electron chi connectivity index (χ2n) is 3.01. The van der Waals surface area contributed by atoms with Gasteiger partial charge >= 0.3 is 0 Å². The third-order valence-corrected chi connectivity index (χ3v) is 2.06. The normalized spacial score (nSPS) is 16.5. The molecular weight excluding hydrogens is 136 g/mol. The number of nitrogens with zero attached hydrogens (tertiary/aromatic N) is 2. The average Bonchev–Trinajstić information content (AvgIpc) is 2.48. The van der Waals surface area contributed by atoms with Crippen LogP contribution in [0.3, 0.4) is 0 Å². The molecule has 1 aliphatic heterocycles. The van der Waals surface area contributed by atoms with Crippen LogP contribution in [0.4, 0.5) is 0 Å². The Kier molecular flexibility index (Phi) is 3.27. The lowest BCUT2D eigenvalue weighted by atomic mass is 10.3. The van der Waals surface area contributed by atoms with E-state index in [4.69, 9.17) is 0 Å². The van der Waals surface area contributed by atoms with Crippen molar-refractivity contribution in [3.05, 3.63) is 12.4 Å². The fraction of sp³-hybridized carbons (Fsp3) is 0.778. The molecule has 0 aromatic heterocycles. The predicted octanol–water partition coefficient (Wildman–Crippen LogP) is 1.85. The number of hydrogen-bond acceptors (Lipinski definition) is 2. The van der Waals surface area contributed by atoms with Crippen LogP contribution in [-0.2, 0) is 0 Å². The second kappa shape index (κ2) is 4.27. The monoisotopic (exact) mass is 154 g/mol. The smallest absolute Gasteiger partial charge is 0.0893 e. The first-order chi connectivity index (χ1) is 5.36. The Bertz CT molecular complexity index is 132. The summed E-state index contributed by atoms with van der Waals surface area (Å²) < 4.78 is 0. The highest BCUT2D eigenvalue weighted by atomic mass is 15.3. The first kappa shape index (κ1) is 8.44. The van der Waals surface area contributed by atoms with Crippen molar-refractivity contribution < 1.29 is 0 Å². The van der Waals surface area contributed by atoms with Gasteiger partial charge < -0.3 is 9.80 Å². The molecule has 0 spiro atoms. The molecule has 1 rings (SSSR count). The van der Waals surface area contributed by atoms with E-state index in [9.17, 15) is 0 Å². The molecule has 0 N–H and O–H groups in total. The molecule has 0 amide bonds. The van der Waals surface area contributed by atoms with Gasteiger partial charge in [-0.05, 0) is 13.3 Å². The molecule has 0 radical (unpaired) electrons. The van der Waals surface area contributed by atoms with Gasteiger partial charge in [-0.25, -0.2) is 0 Å². The molecule has 2 heteroatoms. The highest BCUT2D eigenvalue weighted by Gasteiger charge is 2.08. The van der Waals surface area contributed by atoms with Crippen molar-refractivity contribution in [1.29, 1.82) is 0 Å². The Labute approximate surface area is 69.5 Å². The molecular formula is C9H18N2. The van der Waals surface area contributed by atoms with Gasteiger partial charge in [0.2, 0.25) is 0 Å². The Balaban J connectivity index is 2.15. The van der Waals surface area contributed by atoms with Crippen LogP contribution in [-0.4, -0.2) is 29.6 Å². The predicted molar refractivity (Wildman–Crippen MR) is 48.0 cm³/mol. The van der Waals surface area contributed by atoms with Crippen LogP contribution in [0.25, 0.3) is 0 Å². The van der Waals surface area contributed by atoms with E-state index in [0.29, 0.717) is 0 Å². The van der Waals surface area contributed by atoms with Gasteiger partial charge in [-0.1, -0.05) is 13.3 Å². The molecule has 0 aromatic rings. The Hall–Kier alpha value is -0.660. The molecule has 0 unspecified atom stereocenters. The van der Waals surface area contributed by atoms with Crippen molar-refractivity contribution in [2.45, 2.75) is 26.7 Å². The summed E-state index contributed by atoms with van der Waals surface area (Å²) in [6.45, 7) is 7.85. The molecule has 0 atom stereocenters. The SMILES string of the molecule is CCCCN1C=CN(CC)C1. The zero-order valence-electron chi connectivity index (χ0n) is 7.58. The largest absolute Gasteiger partial charge is 0.359 e. The zero-order valence-corrected chi connectivity index (χ0v) is 7.58. The van der Waals surface area contributed by atoms with E-state index in [0.717, 1.165) is 13.2 Å². The molecule has 0 aliphatic carbocycles. The van der Waals surface area contributed by atoms with Crippen LogP contribution in [0.1, 0.15) is 26.7 Å². The molecule has 1 heterocycles. The molecule has 0 fully saturated rings. The van der Waals surface area contributed by atoms with Gasteiger partial charge in [0.15, 0.2) is 0 Å². The summed E-state index contributed by atoms with van der Waals surface area (Å²) in [5.41, 5.74) is 0. The molecule has 2 nitrogen and oxygen atoms in total. The minimum atomic E-state index is 1.09. The molecule has 64 valence electrons. The summed E-state index contributed by atoms with van der Waals surface area (Å²) in [5.74, 6) is 0. The molecule has 0 aromatic carbocycles. The lowest BCUT2D eigenvalue weighted by Crippen LogP contribution is -2.25. The zero-order chi connectivity index (χ0) is 8.10. The van der Waals surface area contributed by atoms with E-state index in [2.05, 4.69) is 36.0 Å². The van der Waals surface area contributed by atoms with Gasteiger partial charge in [0.05, 0.1) is 6.67 Å². The van der Waals surface area contributed by atoms with E-state index in [-0.39, 0.29) is 0 Å². The number of hydrogen-bond donors (Lipinski definition) is 0. The molecule has 11 heavy (non-hydrogen) atoms. The summed E-state index contributed by atoms with van der Waals surface area (Å²) in [5, 5.41) is 0. The van der Waals surface area contributed by atoms with Crippen molar-refractivity contribution >= 4 is 0 Å². The van der Waals surface area contributed by atoms with Crippen molar-refractivity contribution in [2.24, 2.45) is 0 Å². The number of unbranched alkanes of at least 4 members (excludes halogenated alkanes) is 1. The topological polar surface area (TPSA) is 6.48 Å². The molecule has 1 aliphatic rings. The van der Waals surface area contributed by atoms with Crippen LogP contribution < -0.4 is 0 Å². The quantitative estimate of drug-likeness (QED) is 0.609. The fourth-order valence-corrected chi connectivity index (χ4v) is 1.23. The van der Waals surface area contributed by atoms with Crippen molar-refractivity contribution in [3.63, 3.8) is 0 Å². The van der Waals surface area contributed by atoms with Crippen LogP contribution in [0.2, 0.25) is 0 Å². The van der Waals surface area contributed by atoms with Gasteiger partial charge in [0, 0.05) is 25.5 Å². The highest BCUT2D eigenvalue weighted by Crippen LogP contribution is 2.06. The summed E-state index contributed by atoms with van der Waals surface area (Å²) in [6, 6.07) is 0. The molecule has 0 saturated carbocycles. The Morgan fingerprint density at radius 3 is 2.45 bits per heavy atom. The van der Waals surface area contributed by atoms with Crippen molar-refractivity contribution in [1.82, 2.24) is 9.80 Å². The first-order valence-corrected chi connectivity index (χ1v) is 4.53. The van der Waals surface area contributed by atoms with Gasteiger partial charge in [-0.2, -0.15) is 0 Å². The minimum absolute atomic E-state index is 1.09. The third-order valence-electron chi connectivity index (χ3n) is 2.06. The van der Waals surface area contributed by atoms with E-state index in [1.165, 1.54) is 19.4 Å². The average molecular weight is 154 g/mol. The Morgan fingerprint density at radius 2 is 1.91 bits per heavy atom. The Morgan fingerprint density at radius 1 is 1.18 bits per heavy atom. The minimum Gasteiger partial charge on any atom is -0.359 e. The van der Waals surface area contributed by atoms with Gasteiger partial charge in [-0.15, -0.1) is 0 Å². The van der Waals surface area contributed by atoms with Gasteiger partial charge in [-0.3, -0.25) is 0 Å². The lowest BCUT2D eigenvalue weighted by molar-refractivity contribution is 0.270. The summed E-state index contributed by atoms with van der Waals surface area (Å²) in [4.78, 5) is 4.68. The van der Waals surface area contributed by atoms with E-state index < -0.39 is 0 Å². The summed E-state index contributed by atoms with van der Waals surface area (Å²) in [7, 11) is 0. The number of rotatable bonds is 4. The van der Waals surface area contributed by atoms with Crippen LogP contribution in [0.5, 0.6) is 0 Å². The maximum absolute atomic E-state index is 2.37. The van der Waals surface area contributed by atoms with E-state index >= 15 is 0 Å². The maximum atomic E-state index is 2.37. The van der Waals surface area contributed by atoms with Crippen molar-refractivity contribution in [2.75, 3.05) is 19.8 Å². The van der Waals surface area contributed by atoms with E-state index in [1.807, 2.05) is 0 Å². The van der Waals surface area contributed by atoms with Crippen molar-refractivity contribution in [3.8, 4) is 0 Å². The van der Waals surface area contributed by atoms with Crippen LogP contribution in [0, 0.1) is 0 Å². The first-order valence-electron chi connectivity index (χ1n) is 4.53. The van der Waals surface area contributed by atoms with Gasteiger partial charge in [0.25, 0.3) is 0 Å². The maximum Gasteiger partial charge on any atom is 0.0893 e. The second-order valence-corrected chi connectivity index (χ2v) is 3.01. The highest BCUT2D eigenvalue weighted by molar-refractivity contribution is 4.89. The molecule has 0 bridgehead atoms. The van der Waals surface area contributed by atoms with Crippen LogP contribution >= 0.6 is 0 Å².